The molecule has 1 aliphatic carbocycles. The molecule has 0 saturated heterocycles. The maximum atomic E-state index is 11.0. The Morgan fingerprint density at radius 1 is 1.71 bits per heavy atom. The fraction of sp³-hybridized carbons (Fsp3) is 0.727. The second-order valence-corrected chi connectivity index (χ2v) is 5.49. The molecule has 0 saturated carbocycles. The first-order chi connectivity index (χ1) is 6.63. The zero-order chi connectivity index (χ0) is 10.6. The van der Waals surface area contributed by atoms with E-state index in [2.05, 4.69) is 13.8 Å². The van der Waals surface area contributed by atoms with E-state index in [1.54, 1.807) is 6.08 Å². The molecule has 1 N–H and O–H groups in total. The van der Waals surface area contributed by atoms with E-state index in [0.717, 1.165) is 18.6 Å². The van der Waals surface area contributed by atoms with Crippen molar-refractivity contribution in [3.05, 3.63) is 11.8 Å². The molecule has 0 aromatic heterocycles. The van der Waals surface area contributed by atoms with Crippen LogP contribution in [0.2, 0.25) is 0 Å². The Hall–Kier alpha value is -0.440. The topological polar surface area (TPSA) is 37.3 Å². The van der Waals surface area contributed by atoms with Gasteiger partial charge in [-0.2, -0.15) is 11.8 Å². The predicted octanol–water partition coefficient (Wildman–Crippen LogP) is 2.94. The third-order valence-corrected chi connectivity index (χ3v) is 3.60. The number of thioether (sulfide) groups is 1. The quantitative estimate of drug-likeness (QED) is 0.781. The molecule has 0 aromatic rings. The minimum atomic E-state index is -0.1000. The Balaban J connectivity index is 2.43. The molecule has 0 fully saturated rings. The summed E-state index contributed by atoms with van der Waals surface area (Å²) in [6.45, 7) is 4.36. The fourth-order valence-electron chi connectivity index (χ4n) is 1.81. The average molecular weight is 214 g/mol. The van der Waals surface area contributed by atoms with Gasteiger partial charge in [-0.1, -0.05) is 13.8 Å². The number of hydrogen-bond acceptors (Lipinski definition) is 3. The van der Waals surface area contributed by atoms with E-state index in [-0.39, 0.29) is 11.5 Å². The molecule has 0 heterocycles. The average Bonchev–Trinajstić information content (AvgIpc) is 2.12. The molecular weight excluding hydrogens is 196 g/mol. The predicted molar refractivity (Wildman–Crippen MR) is 60.7 cm³/mol. The molecule has 0 radical (unpaired) electrons. The van der Waals surface area contributed by atoms with Crippen LogP contribution in [0.15, 0.2) is 11.8 Å². The van der Waals surface area contributed by atoms with Crippen LogP contribution in [-0.4, -0.2) is 21.9 Å². The molecule has 0 bridgehead atoms. The standard InChI is InChI=1S/C11H18O2S/c1-3-14-8(2)6-9-4-5-10(12)11(13)7-9/h7-9,13H,3-6H2,1-2H3. The van der Waals surface area contributed by atoms with E-state index in [1.807, 2.05) is 11.8 Å². The molecule has 1 aliphatic rings. The van der Waals surface area contributed by atoms with Crippen LogP contribution in [0.1, 0.15) is 33.1 Å². The van der Waals surface area contributed by atoms with Crippen molar-refractivity contribution in [3.63, 3.8) is 0 Å². The molecule has 80 valence electrons. The third-order valence-electron chi connectivity index (χ3n) is 2.51. The van der Waals surface area contributed by atoms with Crippen molar-refractivity contribution in [2.24, 2.45) is 5.92 Å². The van der Waals surface area contributed by atoms with Gasteiger partial charge in [0.1, 0.15) is 0 Å². The van der Waals surface area contributed by atoms with Gasteiger partial charge in [0.15, 0.2) is 11.5 Å². The number of aliphatic hydroxyl groups excluding tert-OH is 1. The fourth-order valence-corrected chi connectivity index (χ4v) is 2.76. The van der Waals surface area contributed by atoms with Gasteiger partial charge in [0.05, 0.1) is 0 Å². The largest absolute Gasteiger partial charge is 0.505 e. The minimum absolute atomic E-state index is 0.0186. The minimum Gasteiger partial charge on any atom is -0.505 e. The SMILES string of the molecule is CCSC(C)CC1C=C(O)C(=O)CC1. The highest BCUT2D eigenvalue weighted by atomic mass is 32.2. The van der Waals surface area contributed by atoms with Gasteiger partial charge in [-0.15, -0.1) is 0 Å². The summed E-state index contributed by atoms with van der Waals surface area (Å²) in [5, 5.41) is 9.91. The number of hydrogen-bond donors (Lipinski definition) is 1. The Morgan fingerprint density at radius 3 is 3.00 bits per heavy atom. The Labute approximate surface area is 89.8 Å². The van der Waals surface area contributed by atoms with Gasteiger partial charge in [-0.25, -0.2) is 0 Å². The number of aliphatic hydroxyl groups is 1. The number of carbonyl (C=O) groups is 1. The van der Waals surface area contributed by atoms with Gasteiger partial charge in [0.2, 0.25) is 0 Å². The smallest absolute Gasteiger partial charge is 0.196 e. The first-order valence-electron chi connectivity index (χ1n) is 5.19. The summed E-state index contributed by atoms with van der Waals surface area (Å²) in [4.78, 5) is 11.0. The summed E-state index contributed by atoms with van der Waals surface area (Å²) in [5.41, 5.74) is 0. The number of ketones is 1. The van der Waals surface area contributed by atoms with Crippen LogP contribution in [-0.2, 0) is 4.79 Å². The van der Waals surface area contributed by atoms with Crippen molar-refractivity contribution in [3.8, 4) is 0 Å². The van der Waals surface area contributed by atoms with E-state index in [0.29, 0.717) is 17.6 Å². The molecule has 0 aromatic carbocycles. The molecular formula is C11H18O2S. The van der Waals surface area contributed by atoms with E-state index in [1.165, 1.54) is 0 Å². The van der Waals surface area contributed by atoms with Crippen molar-refractivity contribution in [2.45, 2.75) is 38.4 Å². The van der Waals surface area contributed by atoms with Crippen LogP contribution < -0.4 is 0 Å². The van der Waals surface area contributed by atoms with Crippen molar-refractivity contribution >= 4 is 17.5 Å². The second kappa shape index (κ2) is 5.44. The molecule has 14 heavy (non-hydrogen) atoms. The van der Waals surface area contributed by atoms with Crippen molar-refractivity contribution in [1.82, 2.24) is 0 Å². The van der Waals surface area contributed by atoms with Gasteiger partial charge in [-0.05, 0) is 30.6 Å². The summed E-state index contributed by atoms with van der Waals surface area (Å²) in [5.74, 6) is 1.40. The lowest BCUT2D eigenvalue weighted by molar-refractivity contribution is -0.118. The lowest BCUT2D eigenvalue weighted by Crippen LogP contribution is -2.16. The van der Waals surface area contributed by atoms with E-state index < -0.39 is 0 Å². The van der Waals surface area contributed by atoms with Crippen LogP contribution in [0.4, 0.5) is 0 Å². The lowest BCUT2D eigenvalue weighted by atomic mass is 9.90. The number of rotatable bonds is 4. The van der Waals surface area contributed by atoms with E-state index in [4.69, 9.17) is 0 Å². The molecule has 0 spiro atoms. The highest BCUT2D eigenvalue weighted by molar-refractivity contribution is 7.99. The molecule has 0 amide bonds. The van der Waals surface area contributed by atoms with Crippen molar-refractivity contribution < 1.29 is 9.90 Å². The summed E-state index contributed by atoms with van der Waals surface area (Å²) >= 11 is 1.93. The van der Waals surface area contributed by atoms with Crippen LogP contribution >= 0.6 is 11.8 Å². The normalized spacial score (nSPS) is 24.6. The van der Waals surface area contributed by atoms with Crippen LogP contribution in [0.3, 0.4) is 0 Å². The Bertz CT molecular complexity index is 235. The molecule has 2 atom stereocenters. The maximum Gasteiger partial charge on any atom is 0.196 e. The number of Topliss-reactive ketones (excluding diaryl/α,β-unsaturated/α-hetero) is 1. The van der Waals surface area contributed by atoms with Gasteiger partial charge in [0, 0.05) is 11.7 Å². The van der Waals surface area contributed by atoms with Gasteiger partial charge in [0.25, 0.3) is 0 Å². The Morgan fingerprint density at radius 2 is 2.43 bits per heavy atom. The molecule has 1 rings (SSSR count). The van der Waals surface area contributed by atoms with Gasteiger partial charge in [-0.3, -0.25) is 4.79 Å². The van der Waals surface area contributed by atoms with Crippen LogP contribution in [0.5, 0.6) is 0 Å². The van der Waals surface area contributed by atoms with E-state index >= 15 is 0 Å². The monoisotopic (exact) mass is 214 g/mol. The maximum absolute atomic E-state index is 11.0. The molecule has 3 heteroatoms. The zero-order valence-electron chi connectivity index (χ0n) is 8.82. The van der Waals surface area contributed by atoms with Crippen molar-refractivity contribution in [2.75, 3.05) is 5.75 Å². The van der Waals surface area contributed by atoms with Gasteiger partial charge >= 0.3 is 0 Å². The molecule has 2 nitrogen and oxygen atoms in total. The number of carbonyl (C=O) groups excluding carboxylic acids is 1. The summed E-state index contributed by atoms with van der Waals surface area (Å²) in [6.07, 6.45) is 4.21. The van der Waals surface area contributed by atoms with Gasteiger partial charge < -0.3 is 5.11 Å². The second-order valence-electron chi connectivity index (χ2n) is 3.78. The van der Waals surface area contributed by atoms with E-state index in [9.17, 15) is 9.90 Å². The third kappa shape index (κ3) is 3.37. The molecule has 2 unspecified atom stereocenters. The number of allylic oxidation sites excluding steroid dienone is 2. The van der Waals surface area contributed by atoms with Crippen LogP contribution in [0, 0.1) is 5.92 Å². The first-order valence-corrected chi connectivity index (χ1v) is 6.24. The van der Waals surface area contributed by atoms with Crippen LogP contribution in [0.25, 0.3) is 0 Å². The summed E-state index contributed by atoms with van der Waals surface area (Å²) < 4.78 is 0. The Kier molecular flexibility index (Phi) is 4.52. The molecule has 0 aliphatic heterocycles. The lowest BCUT2D eigenvalue weighted by Gasteiger charge is -2.20. The summed E-state index contributed by atoms with van der Waals surface area (Å²) in [6, 6.07) is 0. The van der Waals surface area contributed by atoms with Crippen molar-refractivity contribution in [1.29, 1.82) is 0 Å². The highest BCUT2D eigenvalue weighted by Crippen LogP contribution is 2.27. The summed E-state index contributed by atoms with van der Waals surface area (Å²) in [7, 11) is 0. The first kappa shape index (κ1) is 11.6. The highest BCUT2D eigenvalue weighted by Gasteiger charge is 2.21. The zero-order valence-corrected chi connectivity index (χ0v) is 9.64.